The van der Waals surface area contributed by atoms with E-state index in [9.17, 15) is 14.4 Å². The van der Waals surface area contributed by atoms with E-state index < -0.39 is 18.4 Å². The summed E-state index contributed by atoms with van der Waals surface area (Å²) >= 11 is 1.46. The molecule has 0 fully saturated rings. The molecule has 0 saturated heterocycles. The van der Waals surface area contributed by atoms with Crippen molar-refractivity contribution in [3.63, 3.8) is 0 Å². The number of rotatable bonds is 7. The largest absolute Gasteiger partial charge is 0.480 e. The fraction of sp³-hybridized carbons (Fsp3) is 0.115. The number of anilines is 1. The Balaban J connectivity index is 1.56. The number of benzene rings is 3. The summed E-state index contributed by atoms with van der Waals surface area (Å²) < 4.78 is 1.05. The minimum absolute atomic E-state index is 0.207. The van der Waals surface area contributed by atoms with Crippen molar-refractivity contribution in [2.24, 2.45) is 0 Å². The number of hydrogen-bond acceptors (Lipinski definition) is 4. The lowest BCUT2D eigenvalue weighted by atomic mass is 10.0. The average molecular weight is 459 g/mol. The Morgan fingerprint density at radius 1 is 0.879 bits per heavy atom. The predicted octanol–water partition coefficient (Wildman–Crippen LogP) is 4.87. The molecule has 0 atom stereocenters. The highest BCUT2D eigenvalue weighted by molar-refractivity contribution is 7.21. The summed E-state index contributed by atoms with van der Waals surface area (Å²) in [6.07, 6.45) is 0.649. The van der Waals surface area contributed by atoms with Gasteiger partial charge in [-0.25, -0.2) is 0 Å². The molecule has 0 spiro atoms. The summed E-state index contributed by atoms with van der Waals surface area (Å²) in [7, 11) is 0. The quantitative estimate of drug-likeness (QED) is 0.368. The summed E-state index contributed by atoms with van der Waals surface area (Å²) in [4.78, 5) is 36.4. The highest BCUT2D eigenvalue weighted by Crippen LogP contribution is 2.33. The highest BCUT2D eigenvalue weighted by atomic mass is 32.1. The van der Waals surface area contributed by atoms with E-state index in [0.717, 1.165) is 21.2 Å². The SMILES string of the molecule is Cc1ccc(Cc2c(C(=O)Nc3ccc(C(=O)NCC(=O)O)cc3)sc3ccccc23)cc1. The lowest BCUT2D eigenvalue weighted by molar-refractivity contribution is -0.135. The van der Waals surface area contributed by atoms with Crippen LogP contribution in [0.4, 0.5) is 5.69 Å². The Kier molecular flexibility index (Phi) is 6.51. The molecule has 33 heavy (non-hydrogen) atoms. The van der Waals surface area contributed by atoms with Gasteiger partial charge in [0.2, 0.25) is 0 Å². The molecule has 4 rings (SSSR count). The van der Waals surface area contributed by atoms with Gasteiger partial charge in [-0.2, -0.15) is 0 Å². The molecule has 3 N–H and O–H groups in total. The molecule has 7 heteroatoms. The molecule has 1 aromatic heterocycles. The van der Waals surface area contributed by atoms with E-state index >= 15 is 0 Å². The predicted molar refractivity (Wildman–Crippen MR) is 130 cm³/mol. The van der Waals surface area contributed by atoms with Crippen molar-refractivity contribution in [3.8, 4) is 0 Å². The minimum atomic E-state index is -1.11. The lowest BCUT2D eigenvalue weighted by Gasteiger charge is -2.08. The van der Waals surface area contributed by atoms with E-state index in [1.807, 2.05) is 31.2 Å². The number of carboxylic acid groups (broad SMARTS) is 1. The zero-order valence-corrected chi connectivity index (χ0v) is 18.7. The van der Waals surface area contributed by atoms with Crippen molar-refractivity contribution in [2.75, 3.05) is 11.9 Å². The monoisotopic (exact) mass is 458 g/mol. The van der Waals surface area contributed by atoms with Crippen LogP contribution in [0, 0.1) is 6.92 Å². The summed E-state index contributed by atoms with van der Waals surface area (Å²) in [5.74, 6) is -1.81. The molecule has 2 amide bonds. The third-order valence-corrected chi connectivity index (χ3v) is 6.42. The molecule has 0 saturated carbocycles. The number of hydrogen-bond donors (Lipinski definition) is 3. The number of carbonyl (C=O) groups excluding carboxylic acids is 2. The van der Waals surface area contributed by atoms with Gasteiger partial charge in [0.1, 0.15) is 6.54 Å². The number of aliphatic carboxylic acids is 1. The van der Waals surface area contributed by atoms with E-state index in [1.54, 1.807) is 24.3 Å². The van der Waals surface area contributed by atoms with E-state index in [-0.39, 0.29) is 5.91 Å². The topological polar surface area (TPSA) is 95.5 Å². The Labute approximate surface area is 194 Å². The first-order valence-corrected chi connectivity index (χ1v) is 11.2. The number of carbonyl (C=O) groups is 3. The first kappa shape index (κ1) is 22.2. The van der Waals surface area contributed by atoms with Crippen LogP contribution in [-0.4, -0.2) is 29.4 Å². The summed E-state index contributed by atoms with van der Waals surface area (Å²) in [6.45, 7) is 1.59. The van der Waals surface area contributed by atoms with Crippen LogP contribution in [0.1, 0.15) is 36.7 Å². The first-order valence-electron chi connectivity index (χ1n) is 10.4. The van der Waals surface area contributed by atoms with Crippen LogP contribution in [0.3, 0.4) is 0 Å². The molecule has 0 aliphatic rings. The van der Waals surface area contributed by atoms with E-state index in [1.165, 1.54) is 16.9 Å². The second-order valence-electron chi connectivity index (χ2n) is 7.68. The molecule has 4 aromatic rings. The fourth-order valence-electron chi connectivity index (χ4n) is 3.52. The normalized spacial score (nSPS) is 10.7. The maximum absolute atomic E-state index is 13.2. The number of amides is 2. The molecule has 0 radical (unpaired) electrons. The van der Waals surface area contributed by atoms with Crippen molar-refractivity contribution in [1.82, 2.24) is 5.32 Å². The van der Waals surface area contributed by atoms with Gasteiger partial charge in [0.05, 0.1) is 4.88 Å². The smallest absolute Gasteiger partial charge is 0.322 e. The molecular weight excluding hydrogens is 436 g/mol. The zero-order chi connectivity index (χ0) is 23.4. The van der Waals surface area contributed by atoms with Crippen LogP contribution in [0.15, 0.2) is 72.8 Å². The number of thiophene rings is 1. The molecule has 0 bridgehead atoms. The van der Waals surface area contributed by atoms with Gasteiger partial charge in [0.25, 0.3) is 11.8 Å². The van der Waals surface area contributed by atoms with Gasteiger partial charge in [-0.1, -0.05) is 48.0 Å². The molecule has 1 heterocycles. The third-order valence-electron chi connectivity index (χ3n) is 5.21. The second-order valence-corrected chi connectivity index (χ2v) is 8.73. The van der Waals surface area contributed by atoms with Gasteiger partial charge in [-0.3, -0.25) is 14.4 Å². The van der Waals surface area contributed by atoms with Gasteiger partial charge in [-0.05, 0) is 60.2 Å². The van der Waals surface area contributed by atoms with Gasteiger partial charge in [0, 0.05) is 16.0 Å². The van der Waals surface area contributed by atoms with Crippen molar-refractivity contribution >= 4 is 44.9 Å². The lowest BCUT2D eigenvalue weighted by Crippen LogP contribution is -2.29. The van der Waals surface area contributed by atoms with Gasteiger partial charge in [0.15, 0.2) is 0 Å². The highest BCUT2D eigenvalue weighted by Gasteiger charge is 2.19. The maximum atomic E-state index is 13.2. The van der Waals surface area contributed by atoms with Crippen molar-refractivity contribution in [1.29, 1.82) is 0 Å². The molecular formula is C26H22N2O4S. The van der Waals surface area contributed by atoms with Crippen LogP contribution in [0.5, 0.6) is 0 Å². The van der Waals surface area contributed by atoms with Crippen molar-refractivity contribution in [3.05, 3.63) is 99.9 Å². The molecule has 166 valence electrons. The van der Waals surface area contributed by atoms with Crippen molar-refractivity contribution in [2.45, 2.75) is 13.3 Å². The van der Waals surface area contributed by atoms with Gasteiger partial charge in [-0.15, -0.1) is 11.3 Å². The van der Waals surface area contributed by atoms with E-state index in [2.05, 4.69) is 34.9 Å². The van der Waals surface area contributed by atoms with Crippen molar-refractivity contribution < 1.29 is 19.5 Å². The summed E-state index contributed by atoms with van der Waals surface area (Å²) in [5, 5.41) is 15.0. The third kappa shape index (κ3) is 5.27. The van der Waals surface area contributed by atoms with Crippen LogP contribution < -0.4 is 10.6 Å². The Hall–Kier alpha value is -3.97. The number of fused-ring (bicyclic) bond motifs is 1. The Morgan fingerprint density at radius 3 is 2.27 bits per heavy atom. The molecule has 6 nitrogen and oxygen atoms in total. The molecule has 0 unspecified atom stereocenters. The minimum Gasteiger partial charge on any atom is -0.480 e. The average Bonchev–Trinajstić information content (AvgIpc) is 3.18. The Morgan fingerprint density at radius 2 is 1.58 bits per heavy atom. The van der Waals surface area contributed by atoms with Crippen LogP contribution in [-0.2, 0) is 11.2 Å². The standard InChI is InChI=1S/C26H22N2O4S/c1-16-6-8-17(9-7-16)14-21-20-4-2-3-5-22(20)33-24(21)26(32)28-19-12-10-18(11-13-19)25(31)27-15-23(29)30/h2-13H,14-15H2,1H3,(H,27,31)(H,28,32)(H,29,30). The zero-order valence-electron chi connectivity index (χ0n) is 17.9. The van der Waals surface area contributed by atoms with Crippen LogP contribution in [0.2, 0.25) is 0 Å². The molecule has 0 aliphatic carbocycles. The van der Waals surface area contributed by atoms with E-state index in [4.69, 9.17) is 5.11 Å². The van der Waals surface area contributed by atoms with Gasteiger partial charge >= 0.3 is 5.97 Å². The second kappa shape index (κ2) is 9.67. The van der Waals surface area contributed by atoms with Crippen LogP contribution >= 0.6 is 11.3 Å². The Bertz CT molecular complexity index is 1320. The number of carboxylic acids is 1. The maximum Gasteiger partial charge on any atom is 0.322 e. The summed E-state index contributed by atoms with van der Waals surface area (Å²) in [6, 6.07) is 22.6. The fourth-order valence-corrected chi connectivity index (χ4v) is 4.64. The van der Waals surface area contributed by atoms with E-state index in [0.29, 0.717) is 22.5 Å². The molecule has 3 aromatic carbocycles. The molecule has 0 aliphatic heterocycles. The number of aryl methyl sites for hydroxylation is 1. The van der Waals surface area contributed by atoms with Gasteiger partial charge < -0.3 is 15.7 Å². The summed E-state index contributed by atoms with van der Waals surface area (Å²) in [5.41, 5.74) is 4.17. The number of nitrogens with one attached hydrogen (secondary N) is 2. The first-order chi connectivity index (χ1) is 15.9. The van der Waals surface area contributed by atoms with Crippen LogP contribution in [0.25, 0.3) is 10.1 Å².